The third kappa shape index (κ3) is 6.01. The number of amides is 1. The fraction of sp³-hybridized carbons (Fsp3) is 0.360. The summed E-state index contributed by atoms with van der Waals surface area (Å²) in [6.07, 6.45) is 3.99. The smallest absolute Gasteiger partial charge is 0.232 e. The number of anilines is 1. The van der Waals surface area contributed by atoms with E-state index < -0.39 is 6.04 Å². The summed E-state index contributed by atoms with van der Waals surface area (Å²) in [4.78, 5) is 27.1. The van der Waals surface area contributed by atoms with Crippen molar-refractivity contribution in [3.8, 4) is 5.69 Å². The van der Waals surface area contributed by atoms with Crippen molar-refractivity contribution < 1.29 is 9.59 Å². The number of Topliss-reactive ketones (excluding diaryl/α,β-unsaturated/α-hetero) is 1. The highest BCUT2D eigenvalue weighted by Gasteiger charge is 2.23. The topological polar surface area (TPSA) is 80.1 Å². The number of nitrogens with zero attached hydrogens (tertiary/aromatic N) is 4. The van der Waals surface area contributed by atoms with Crippen LogP contribution in [0.4, 0.5) is 5.95 Å². The number of ketones is 1. The summed E-state index contributed by atoms with van der Waals surface area (Å²) in [5.74, 6) is 0.716. The normalized spacial score (nSPS) is 14.6. The second-order valence-electron chi connectivity index (χ2n) is 8.21. The summed E-state index contributed by atoms with van der Waals surface area (Å²) in [5.41, 5.74) is 1.98. The SMILES string of the molecule is CC(=O)C(Cc1ccccc1)NC(=O)CSc1nnc(N2CCCCC2)n1-c1ccccc1. The zero-order valence-corrected chi connectivity index (χ0v) is 19.6. The van der Waals surface area contributed by atoms with Crippen molar-refractivity contribution in [3.05, 3.63) is 66.2 Å². The third-order valence-electron chi connectivity index (χ3n) is 5.71. The summed E-state index contributed by atoms with van der Waals surface area (Å²) < 4.78 is 2.02. The number of para-hydroxylation sites is 1. The van der Waals surface area contributed by atoms with E-state index in [0.29, 0.717) is 11.6 Å². The Balaban J connectivity index is 1.46. The largest absolute Gasteiger partial charge is 0.345 e. The number of carbonyl (C=O) groups is 2. The van der Waals surface area contributed by atoms with E-state index in [9.17, 15) is 9.59 Å². The van der Waals surface area contributed by atoms with Crippen molar-refractivity contribution >= 4 is 29.4 Å². The minimum atomic E-state index is -0.545. The number of hydrogen-bond donors (Lipinski definition) is 1. The molecule has 1 aromatic heterocycles. The first-order valence-electron chi connectivity index (χ1n) is 11.3. The molecule has 1 aliphatic heterocycles. The van der Waals surface area contributed by atoms with Gasteiger partial charge in [-0.3, -0.25) is 14.2 Å². The molecule has 2 aromatic carbocycles. The predicted molar refractivity (Wildman–Crippen MR) is 131 cm³/mol. The van der Waals surface area contributed by atoms with Crippen molar-refractivity contribution in [3.63, 3.8) is 0 Å². The highest BCUT2D eigenvalue weighted by atomic mass is 32.2. The summed E-state index contributed by atoms with van der Waals surface area (Å²) in [7, 11) is 0. The van der Waals surface area contributed by atoms with E-state index in [-0.39, 0.29) is 17.4 Å². The van der Waals surface area contributed by atoms with Gasteiger partial charge < -0.3 is 10.2 Å². The van der Waals surface area contributed by atoms with E-state index in [0.717, 1.165) is 43.1 Å². The molecule has 1 aliphatic rings. The maximum atomic E-state index is 12.7. The van der Waals surface area contributed by atoms with Crippen LogP contribution in [0.15, 0.2) is 65.8 Å². The number of carbonyl (C=O) groups excluding carboxylic acids is 2. The first-order chi connectivity index (χ1) is 16.1. The van der Waals surface area contributed by atoms with Crippen molar-refractivity contribution in [2.75, 3.05) is 23.7 Å². The molecule has 172 valence electrons. The van der Waals surface area contributed by atoms with Gasteiger partial charge in [0.05, 0.1) is 17.5 Å². The van der Waals surface area contributed by atoms with Crippen LogP contribution in [-0.2, 0) is 16.0 Å². The van der Waals surface area contributed by atoms with Crippen LogP contribution in [-0.4, -0.2) is 51.3 Å². The first kappa shape index (κ1) is 23.0. The molecule has 0 spiro atoms. The zero-order chi connectivity index (χ0) is 23.0. The van der Waals surface area contributed by atoms with E-state index in [1.54, 1.807) is 0 Å². The maximum Gasteiger partial charge on any atom is 0.232 e. The van der Waals surface area contributed by atoms with Gasteiger partial charge in [-0.25, -0.2) is 0 Å². The van der Waals surface area contributed by atoms with Gasteiger partial charge in [-0.1, -0.05) is 60.3 Å². The van der Waals surface area contributed by atoms with E-state index in [4.69, 9.17) is 0 Å². The van der Waals surface area contributed by atoms with Crippen molar-refractivity contribution in [1.82, 2.24) is 20.1 Å². The zero-order valence-electron chi connectivity index (χ0n) is 18.8. The molecule has 1 N–H and O–H groups in total. The van der Waals surface area contributed by atoms with Crippen molar-refractivity contribution in [2.45, 2.75) is 43.8 Å². The number of thioether (sulfide) groups is 1. The molecule has 7 nitrogen and oxygen atoms in total. The second-order valence-corrected chi connectivity index (χ2v) is 9.15. The minimum Gasteiger partial charge on any atom is -0.345 e. The standard InChI is InChI=1S/C25H29N5O2S/c1-19(31)22(17-20-11-5-2-6-12-20)26-23(32)18-33-25-28-27-24(29-15-9-4-10-16-29)30(25)21-13-7-3-8-14-21/h2-3,5-8,11-14,22H,4,9-10,15-18H2,1H3,(H,26,32). The third-order valence-corrected chi connectivity index (χ3v) is 6.64. The number of rotatable bonds is 9. The molecule has 8 heteroatoms. The van der Waals surface area contributed by atoms with Crippen LogP contribution in [0.25, 0.3) is 5.69 Å². The Labute approximate surface area is 198 Å². The van der Waals surface area contributed by atoms with Gasteiger partial charge in [-0.05, 0) is 50.3 Å². The van der Waals surface area contributed by atoms with Gasteiger partial charge in [-0.2, -0.15) is 0 Å². The van der Waals surface area contributed by atoms with E-state index in [2.05, 4.69) is 20.4 Å². The molecule has 2 heterocycles. The van der Waals surface area contributed by atoms with Gasteiger partial charge in [0.25, 0.3) is 0 Å². The van der Waals surface area contributed by atoms with E-state index in [1.807, 2.05) is 65.2 Å². The number of aromatic nitrogens is 3. The molecule has 1 fully saturated rings. The maximum absolute atomic E-state index is 12.7. The molecule has 1 amide bonds. The highest BCUT2D eigenvalue weighted by molar-refractivity contribution is 7.99. The molecule has 0 aliphatic carbocycles. The Morgan fingerprint density at radius 1 is 0.970 bits per heavy atom. The lowest BCUT2D eigenvalue weighted by Crippen LogP contribution is -2.42. The van der Waals surface area contributed by atoms with Crippen molar-refractivity contribution in [1.29, 1.82) is 0 Å². The Morgan fingerprint density at radius 3 is 2.30 bits per heavy atom. The number of nitrogens with one attached hydrogen (secondary N) is 1. The van der Waals surface area contributed by atoms with Crippen LogP contribution < -0.4 is 10.2 Å². The van der Waals surface area contributed by atoms with Gasteiger partial charge in [-0.15, -0.1) is 10.2 Å². The number of hydrogen-bond acceptors (Lipinski definition) is 6. The molecule has 0 saturated carbocycles. The molecule has 0 bridgehead atoms. The number of benzene rings is 2. The monoisotopic (exact) mass is 463 g/mol. The van der Waals surface area contributed by atoms with E-state index in [1.165, 1.54) is 25.1 Å². The number of piperidine rings is 1. The first-order valence-corrected chi connectivity index (χ1v) is 12.3. The summed E-state index contributed by atoms with van der Waals surface area (Å²) in [6, 6.07) is 19.2. The van der Waals surface area contributed by atoms with Crippen LogP contribution in [0.1, 0.15) is 31.7 Å². The van der Waals surface area contributed by atoms with Gasteiger partial charge in [0.1, 0.15) is 0 Å². The van der Waals surface area contributed by atoms with Gasteiger partial charge in [0.15, 0.2) is 10.9 Å². The van der Waals surface area contributed by atoms with Crippen LogP contribution in [0.2, 0.25) is 0 Å². The Morgan fingerprint density at radius 2 is 1.64 bits per heavy atom. The summed E-state index contributed by atoms with van der Waals surface area (Å²) in [5, 5.41) is 12.4. The molecular formula is C25H29N5O2S. The lowest BCUT2D eigenvalue weighted by Gasteiger charge is -2.27. The quantitative estimate of drug-likeness (QED) is 0.488. The Kier molecular flexibility index (Phi) is 7.78. The van der Waals surface area contributed by atoms with Crippen LogP contribution in [0.5, 0.6) is 0 Å². The Hall–Kier alpha value is -3.13. The fourth-order valence-corrected chi connectivity index (χ4v) is 4.73. The van der Waals surface area contributed by atoms with Crippen LogP contribution in [0.3, 0.4) is 0 Å². The molecule has 4 rings (SSSR count). The minimum absolute atomic E-state index is 0.0583. The van der Waals surface area contributed by atoms with Gasteiger partial charge in [0, 0.05) is 13.1 Å². The van der Waals surface area contributed by atoms with Gasteiger partial charge in [0.2, 0.25) is 11.9 Å². The van der Waals surface area contributed by atoms with Crippen LogP contribution >= 0.6 is 11.8 Å². The van der Waals surface area contributed by atoms with Crippen molar-refractivity contribution in [2.24, 2.45) is 0 Å². The molecule has 0 radical (unpaired) electrons. The Bertz CT molecular complexity index is 1060. The average molecular weight is 464 g/mol. The summed E-state index contributed by atoms with van der Waals surface area (Å²) in [6.45, 7) is 3.42. The molecule has 1 saturated heterocycles. The lowest BCUT2D eigenvalue weighted by atomic mass is 10.0. The predicted octanol–water partition coefficient (Wildman–Crippen LogP) is 3.67. The molecule has 3 aromatic rings. The van der Waals surface area contributed by atoms with E-state index >= 15 is 0 Å². The molecule has 33 heavy (non-hydrogen) atoms. The molecule has 1 unspecified atom stereocenters. The van der Waals surface area contributed by atoms with Crippen LogP contribution in [0, 0.1) is 0 Å². The molecule has 1 atom stereocenters. The molecular weight excluding hydrogens is 434 g/mol. The fourth-order valence-electron chi connectivity index (χ4n) is 3.97. The summed E-state index contributed by atoms with van der Waals surface area (Å²) >= 11 is 1.33. The second kappa shape index (κ2) is 11.1. The highest BCUT2D eigenvalue weighted by Crippen LogP contribution is 2.28. The average Bonchev–Trinajstić information content (AvgIpc) is 3.28. The lowest BCUT2D eigenvalue weighted by molar-refractivity contribution is -0.125. The van der Waals surface area contributed by atoms with Gasteiger partial charge >= 0.3 is 0 Å².